The van der Waals surface area contributed by atoms with Crippen LogP contribution in [0, 0.1) is 27.7 Å². The number of hydrogen-bond donors (Lipinski definition) is 0. The third-order valence-electron chi connectivity index (χ3n) is 13.9. The summed E-state index contributed by atoms with van der Waals surface area (Å²) in [7, 11) is 0. The standard InChI is InChI=1S/C21H23F3O3.2C20H24O2.C15H14O/c1-2-3-4-5-14-26-18-10-6-16(7-11-18)20(25)17-8-12-19(13-9-17)27-15-21(22,23)24;2*1-3-4-5-6-15-22-19-13-11-18(12-14-19)20(21)17-9-7-16(2)8-10-17;1-11-3-7-13(8-4-11)15(16)14-9-5-12(2)6-10-14/h6-13H,2-5,14-15H2,1H3;2*7-14H,3-6,15H2,1-2H3;3-10H,1-2H3. The predicted octanol–water partition coefficient (Wildman–Crippen LogP) is 19.7. The van der Waals surface area contributed by atoms with Gasteiger partial charge in [0.05, 0.1) is 19.8 Å². The van der Waals surface area contributed by atoms with E-state index in [1.54, 1.807) is 24.3 Å². The molecule has 0 N–H and O–H groups in total. The van der Waals surface area contributed by atoms with Gasteiger partial charge >= 0.3 is 6.18 Å². The first-order chi connectivity index (χ1) is 42.0. The maximum atomic E-state index is 12.5. The molecule has 0 atom stereocenters. The lowest BCUT2D eigenvalue weighted by atomic mass is 10.0. The lowest BCUT2D eigenvalue weighted by Gasteiger charge is -2.10. The number of ketones is 4. The zero-order chi connectivity index (χ0) is 62.8. The van der Waals surface area contributed by atoms with Gasteiger partial charge in [-0.3, -0.25) is 19.2 Å². The highest BCUT2D eigenvalue weighted by molar-refractivity contribution is 6.10. The Morgan fingerprint density at radius 3 is 0.644 bits per heavy atom. The van der Waals surface area contributed by atoms with Crippen LogP contribution in [0.3, 0.4) is 0 Å². The Hall–Kier alpha value is -8.57. The summed E-state index contributed by atoms with van der Waals surface area (Å²) in [5, 5.41) is 0. The Morgan fingerprint density at radius 1 is 0.276 bits per heavy atom. The summed E-state index contributed by atoms with van der Waals surface area (Å²) in [6.07, 6.45) is 9.66. The van der Waals surface area contributed by atoms with Crippen molar-refractivity contribution in [3.63, 3.8) is 0 Å². The second kappa shape index (κ2) is 37.8. The first-order valence-corrected chi connectivity index (χ1v) is 30.4. The number of benzene rings is 8. The van der Waals surface area contributed by atoms with Crippen LogP contribution in [0.15, 0.2) is 194 Å². The molecule has 0 heterocycles. The van der Waals surface area contributed by atoms with Gasteiger partial charge < -0.3 is 18.9 Å². The normalized spacial score (nSPS) is 10.6. The zero-order valence-corrected chi connectivity index (χ0v) is 51.7. The minimum Gasteiger partial charge on any atom is -0.494 e. The second-order valence-electron chi connectivity index (χ2n) is 21.5. The molecule has 11 heteroatoms. The molecule has 0 saturated carbocycles. The molecule has 0 aromatic heterocycles. The topological polar surface area (TPSA) is 105 Å². The Morgan fingerprint density at radius 2 is 0.460 bits per heavy atom. The van der Waals surface area contributed by atoms with Crippen LogP contribution in [0.5, 0.6) is 23.0 Å². The number of hydrogen-bond acceptors (Lipinski definition) is 8. The Kier molecular flexibility index (Phi) is 30.0. The van der Waals surface area contributed by atoms with E-state index in [4.69, 9.17) is 14.2 Å². The summed E-state index contributed by atoms with van der Waals surface area (Å²) in [6.45, 7) is 15.4. The van der Waals surface area contributed by atoms with E-state index in [1.165, 1.54) is 86.8 Å². The van der Waals surface area contributed by atoms with Gasteiger partial charge in [0.1, 0.15) is 23.0 Å². The summed E-state index contributed by atoms with van der Waals surface area (Å²) in [4.78, 5) is 49.2. The van der Waals surface area contributed by atoms with E-state index in [0.717, 1.165) is 83.8 Å². The molecule has 0 spiro atoms. The van der Waals surface area contributed by atoms with Gasteiger partial charge in [-0.05, 0) is 144 Å². The molecule has 0 saturated heterocycles. The SMILES string of the molecule is CCCCCCOc1ccc(C(=O)c2ccc(C)cc2)cc1.CCCCCCOc1ccc(C(=O)c2ccc(C)cc2)cc1.CCCCCCOc1ccc(C(=O)c2ccc(OCC(F)(F)F)cc2)cc1.Cc1ccc(C(=O)c2ccc(C)cc2)cc1. The van der Waals surface area contributed by atoms with Crippen molar-refractivity contribution in [1.29, 1.82) is 0 Å². The monoisotopic (exact) mass is 1180 g/mol. The van der Waals surface area contributed by atoms with Crippen molar-refractivity contribution in [2.75, 3.05) is 26.4 Å². The van der Waals surface area contributed by atoms with Gasteiger partial charge in [0, 0.05) is 44.5 Å². The van der Waals surface area contributed by atoms with Crippen molar-refractivity contribution < 1.29 is 51.3 Å². The average molecular weight is 1180 g/mol. The molecule has 0 unspecified atom stereocenters. The molecular weight excluding hydrogens is 1100 g/mol. The van der Waals surface area contributed by atoms with Crippen molar-refractivity contribution in [3.05, 3.63) is 261 Å². The number of rotatable bonds is 28. The summed E-state index contributed by atoms with van der Waals surface area (Å²) >= 11 is 0. The van der Waals surface area contributed by atoms with Crippen LogP contribution in [0.2, 0.25) is 0 Å². The van der Waals surface area contributed by atoms with Crippen molar-refractivity contribution in [2.45, 2.75) is 132 Å². The molecule has 0 radical (unpaired) electrons. The third kappa shape index (κ3) is 25.9. The minimum absolute atomic E-state index is 0.0505. The van der Waals surface area contributed by atoms with E-state index in [2.05, 4.69) is 25.5 Å². The second-order valence-corrected chi connectivity index (χ2v) is 21.5. The molecule has 0 bridgehead atoms. The Balaban J connectivity index is 0.000000214. The van der Waals surface area contributed by atoms with Crippen LogP contribution in [0.4, 0.5) is 13.2 Å². The lowest BCUT2D eigenvalue weighted by molar-refractivity contribution is -0.153. The molecule has 0 aliphatic rings. The number of alkyl halides is 3. The van der Waals surface area contributed by atoms with Gasteiger partial charge in [0.2, 0.25) is 0 Å². The molecule has 0 aliphatic heterocycles. The summed E-state index contributed by atoms with van der Waals surface area (Å²) in [5.41, 5.74) is 9.83. The molecular formula is C76H85F3O8. The molecule has 8 aromatic rings. The molecule has 8 nitrogen and oxygen atoms in total. The lowest BCUT2D eigenvalue weighted by Crippen LogP contribution is -2.19. The maximum absolute atomic E-state index is 12.5. The number of carbonyl (C=O) groups excluding carboxylic acids is 4. The smallest absolute Gasteiger partial charge is 0.422 e. The van der Waals surface area contributed by atoms with Crippen LogP contribution in [0.1, 0.15) is 184 Å². The zero-order valence-electron chi connectivity index (χ0n) is 51.7. The fourth-order valence-corrected chi connectivity index (χ4v) is 8.62. The Labute approximate surface area is 514 Å². The van der Waals surface area contributed by atoms with E-state index in [0.29, 0.717) is 34.6 Å². The van der Waals surface area contributed by atoms with E-state index in [1.807, 2.05) is 173 Å². The maximum Gasteiger partial charge on any atom is 0.422 e. The first-order valence-electron chi connectivity index (χ1n) is 30.4. The van der Waals surface area contributed by atoms with E-state index < -0.39 is 12.8 Å². The molecule has 87 heavy (non-hydrogen) atoms. The minimum atomic E-state index is -4.39. The van der Waals surface area contributed by atoms with Gasteiger partial charge in [0.25, 0.3) is 0 Å². The summed E-state index contributed by atoms with van der Waals surface area (Å²) < 4.78 is 58.1. The number of ether oxygens (including phenoxy) is 4. The van der Waals surface area contributed by atoms with Crippen molar-refractivity contribution >= 4 is 23.1 Å². The van der Waals surface area contributed by atoms with E-state index in [-0.39, 0.29) is 28.9 Å². The highest BCUT2D eigenvalue weighted by Crippen LogP contribution is 2.23. The van der Waals surface area contributed by atoms with Gasteiger partial charge in [0.15, 0.2) is 29.7 Å². The van der Waals surface area contributed by atoms with Crippen molar-refractivity contribution in [2.24, 2.45) is 0 Å². The molecule has 8 aromatic carbocycles. The molecule has 458 valence electrons. The molecule has 0 amide bonds. The van der Waals surface area contributed by atoms with Gasteiger partial charge in [-0.1, -0.05) is 198 Å². The summed E-state index contributed by atoms with van der Waals surface area (Å²) in [6, 6.07) is 58.0. The van der Waals surface area contributed by atoms with Gasteiger partial charge in [-0.2, -0.15) is 13.2 Å². The number of halogens is 3. The molecule has 8 rings (SSSR count). The fraction of sp³-hybridized carbons (Fsp3) is 0.316. The number of carbonyl (C=O) groups is 4. The van der Waals surface area contributed by atoms with E-state index in [9.17, 15) is 32.3 Å². The fourth-order valence-electron chi connectivity index (χ4n) is 8.62. The van der Waals surface area contributed by atoms with Crippen LogP contribution < -0.4 is 18.9 Å². The number of aryl methyl sites for hydroxylation is 4. The largest absolute Gasteiger partial charge is 0.494 e. The van der Waals surface area contributed by atoms with Gasteiger partial charge in [-0.25, -0.2) is 0 Å². The third-order valence-corrected chi connectivity index (χ3v) is 13.9. The van der Waals surface area contributed by atoms with Crippen molar-refractivity contribution in [3.8, 4) is 23.0 Å². The quantitative estimate of drug-likeness (QED) is 0.0353. The van der Waals surface area contributed by atoms with Crippen LogP contribution in [-0.4, -0.2) is 55.7 Å². The van der Waals surface area contributed by atoms with Crippen LogP contribution in [-0.2, 0) is 0 Å². The predicted molar refractivity (Wildman–Crippen MR) is 345 cm³/mol. The Bertz CT molecular complexity index is 3100. The molecule has 0 fully saturated rings. The summed E-state index contributed by atoms with van der Waals surface area (Å²) in [5.74, 6) is 2.40. The van der Waals surface area contributed by atoms with Crippen LogP contribution in [0.25, 0.3) is 0 Å². The van der Waals surface area contributed by atoms with Crippen molar-refractivity contribution in [1.82, 2.24) is 0 Å². The first kappa shape index (κ1) is 69.2. The van der Waals surface area contributed by atoms with E-state index >= 15 is 0 Å². The molecule has 0 aliphatic carbocycles. The highest BCUT2D eigenvalue weighted by atomic mass is 19.4. The average Bonchev–Trinajstić information content (AvgIpc) is 3.58. The van der Waals surface area contributed by atoms with Crippen LogP contribution >= 0.6 is 0 Å². The highest BCUT2D eigenvalue weighted by Gasteiger charge is 2.28. The number of unbranched alkanes of at least 4 members (excludes halogenated alkanes) is 9. The van der Waals surface area contributed by atoms with Gasteiger partial charge in [-0.15, -0.1) is 0 Å².